The molecular formula is C24H21N9. The van der Waals surface area contributed by atoms with E-state index in [1.54, 1.807) is 17.2 Å². The van der Waals surface area contributed by atoms with E-state index < -0.39 is 0 Å². The number of hydrogen-bond acceptors (Lipinski definition) is 7. The van der Waals surface area contributed by atoms with E-state index >= 15 is 0 Å². The molecule has 162 valence electrons. The van der Waals surface area contributed by atoms with E-state index in [1.165, 1.54) is 0 Å². The fourth-order valence-corrected chi connectivity index (χ4v) is 4.34. The lowest BCUT2D eigenvalue weighted by Crippen LogP contribution is -2.32. The van der Waals surface area contributed by atoms with Crippen LogP contribution < -0.4 is 4.90 Å². The molecule has 0 saturated heterocycles. The highest BCUT2D eigenvalue weighted by Crippen LogP contribution is 2.43. The minimum absolute atomic E-state index is 0.0554. The summed E-state index contributed by atoms with van der Waals surface area (Å²) in [6.07, 6.45) is 8.08. The first-order valence-corrected chi connectivity index (χ1v) is 10.8. The van der Waals surface area contributed by atoms with Gasteiger partial charge in [-0.15, -0.1) is 10.2 Å². The zero-order chi connectivity index (χ0) is 22.4. The summed E-state index contributed by atoms with van der Waals surface area (Å²) in [5.41, 5.74) is 3.55. The lowest BCUT2D eigenvalue weighted by atomic mass is 10.0. The van der Waals surface area contributed by atoms with Crippen LogP contribution in [0.3, 0.4) is 0 Å². The van der Waals surface area contributed by atoms with Crippen molar-refractivity contribution in [3.8, 4) is 28.3 Å². The molecule has 9 nitrogen and oxygen atoms in total. The topological polar surface area (TPSA) is 90.4 Å². The fourth-order valence-electron chi connectivity index (χ4n) is 4.34. The number of benzene rings is 1. The van der Waals surface area contributed by atoms with E-state index in [2.05, 4.69) is 32.1 Å². The molecule has 0 bridgehead atoms. The van der Waals surface area contributed by atoms with Crippen molar-refractivity contribution in [3.05, 3.63) is 79.3 Å². The van der Waals surface area contributed by atoms with Crippen LogP contribution in [0.2, 0.25) is 0 Å². The van der Waals surface area contributed by atoms with Crippen molar-refractivity contribution >= 4 is 11.6 Å². The van der Waals surface area contributed by atoms with Gasteiger partial charge in [-0.05, 0) is 18.6 Å². The summed E-state index contributed by atoms with van der Waals surface area (Å²) in [7, 11) is 1.91. The Kier molecular flexibility index (Phi) is 4.46. The van der Waals surface area contributed by atoms with Crippen LogP contribution >= 0.6 is 0 Å². The SMILES string of the molecule is CCC1c2nncn2-c2cnc(-c3cccnc3-c3ccccc3)nc2N1c1ccn(C)n1. The van der Waals surface area contributed by atoms with Crippen molar-refractivity contribution in [2.45, 2.75) is 19.4 Å². The normalized spacial score (nSPS) is 14.7. The summed E-state index contributed by atoms with van der Waals surface area (Å²) >= 11 is 0. The third-order valence-electron chi connectivity index (χ3n) is 5.85. The van der Waals surface area contributed by atoms with Gasteiger partial charge in [0.05, 0.1) is 17.9 Å². The Hall–Kier alpha value is -4.40. The summed E-state index contributed by atoms with van der Waals surface area (Å²) in [5, 5.41) is 13.2. The van der Waals surface area contributed by atoms with Gasteiger partial charge in [0, 0.05) is 36.6 Å². The average Bonchev–Trinajstić information content (AvgIpc) is 3.52. The van der Waals surface area contributed by atoms with Crippen molar-refractivity contribution in [2.75, 3.05) is 4.90 Å². The van der Waals surface area contributed by atoms with Crippen LogP contribution in [0.5, 0.6) is 0 Å². The molecule has 1 aliphatic heterocycles. The number of aryl methyl sites for hydroxylation is 1. The highest BCUT2D eigenvalue weighted by Gasteiger charge is 2.36. The summed E-state index contributed by atoms with van der Waals surface area (Å²) in [6.45, 7) is 2.13. The smallest absolute Gasteiger partial charge is 0.163 e. The zero-order valence-electron chi connectivity index (χ0n) is 18.2. The van der Waals surface area contributed by atoms with Crippen molar-refractivity contribution in [1.82, 2.24) is 39.5 Å². The molecule has 9 heteroatoms. The number of pyridine rings is 1. The second kappa shape index (κ2) is 7.63. The largest absolute Gasteiger partial charge is 0.297 e. The van der Waals surface area contributed by atoms with Crippen LogP contribution in [0.25, 0.3) is 28.3 Å². The van der Waals surface area contributed by atoms with Crippen LogP contribution in [-0.2, 0) is 7.05 Å². The van der Waals surface area contributed by atoms with Crippen molar-refractivity contribution in [1.29, 1.82) is 0 Å². The first-order valence-electron chi connectivity index (χ1n) is 10.8. The quantitative estimate of drug-likeness (QED) is 0.419. The Morgan fingerprint density at radius 3 is 2.67 bits per heavy atom. The van der Waals surface area contributed by atoms with E-state index in [4.69, 9.17) is 9.97 Å². The molecule has 1 aromatic carbocycles. The molecule has 5 aromatic rings. The van der Waals surface area contributed by atoms with Crippen LogP contribution in [0.1, 0.15) is 25.2 Å². The van der Waals surface area contributed by atoms with Crippen LogP contribution in [0.15, 0.2) is 73.4 Å². The number of aromatic nitrogens is 8. The second-order valence-electron chi connectivity index (χ2n) is 7.87. The molecule has 1 aliphatic rings. The van der Waals surface area contributed by atoms with Gasteiger partial charge in [0.1, 0.15) is 12.0 Å². The lowest BCUT2D eigenvalue weighted by molar-refractivity contribution is 0.581. The number of fused-ring (bicyclic) bond motifs is 3. The van der Waals surface area contributed by atoms with Crippen LogP contribution in [-0.4, -0.2) is 39.5 Å². The molecule has 1 unspecified atom stereocenters. The van der Waals surface area contributed by atoms with Gasteiger partial charge in [-0.25, -0.2) is 9.97 Å². The number of hydrogen-bond donors (Lipinski definition) is 0. The van der Waals surface area contributed by atoms with Crippen LogP contribution in [0, 0.1) is 0 Å². The molecule has 4 aromatic heterocycles. The average molecular weight is 435 g/mol. The predicted molar refractivity (Wildman–Crippen MR) is 124 cm³/mol. The molecule has 0 fully saturated rings. The van der Waals surface area contributed by atoms with Crippen LogP contribution in [0.4, 0.5) is 11.6 Å². The predicted octanol–water partition coefficient (Wildman–Crippen LogP) is 4.12. The first-order chi connectivity index (χ1) is 16.2. The van der Waals surface area contributed by atoms with Gasteiger partial charge in [-0.1, -0.05) is 37.3 Å². The standard InChI is InChI=1S/C24H21N9/c1-3-18-24-29-27-15-32(24)19-14-26-22(28-23(19)33(18)20-11-13-31(2)30-20)17-10-7-12-25-21(17)16-8-5-4-6-9-16/h4-15,18H,3H2,1-2H3. The summed E-state index contributed by atoms with van der Waals surface area (Å²) in [4.78, 5) is 16.6. The van der Waals surface area contributed by atoms with E-state index in [0.29, 0.717) is 5.82 Å². The van der Waals surface area contributed by atoms with Gasteiger partial charge in [0.25, 0.3) is 0 Å². The molecule has 0 aliphatic carbocycles. The maximum absolute atomic E-state index is 5.06. The van der Waals surface area contributed by atoms with E-state index in [-0.39, 0.29) is 6.04 Å². The Labute approximate surface area is 190 Å². The molecule has 33 heavy (non-hydrogen) atoms. The summed E-state index contributed by atoms with van der Waals surface area (Å²) < 4.78 is 3.76. The molecular weight excluding hydrogens is 414 g/mol. The molecule has 5 heterocycles. The highest BCUT2D eigenvalue weighted by atomic mass is 15.4. The Morgan fingerprint density at radius 1 is 1.00 bits per heavy atom. The molecule has 0 N–H and O–H groups in total. The molecule has 1 atom stereocenters. The van der Waals surface area contributed by atoms with Crippen molar-refractivity contribution in [2.24, 2.45) is 7.05 Å². The molecule has 0 radical (unpaired) electrons. The van der Waals surface area contributed by atoms with E-state index in [1.807, 2.05) is 72.5 Å². The zero-order valence-corrected chi connectivity index (χ0v) is 18.2. The van der Waals surface area contributed by atoms with Gasteiger partial charge in [0.2, 0.25) is 0 Å². The highest BCUT2D eigenvalue weighted by molar-refractivity contribution is 5.79. The van der Waals surface area contributed by atoms with Crippen molar-refractivity contribution < 1.29 is 0 Å². The van der Waals surface area contributed by atoms with Crippen molar-refractivity contribution in [3.63, 3.8) is 0 Å². The maximum Gasteiger partial charge on any atom is 0.163 e. The number of rotatable bonds is 4. The number of nitrogens with zero attached hydrogens (tertiary/aromatic N) is 9. The lowest BCUT2D eigenvalue weighted by Gasteiger charge is -2.35. The van der Waals surface area contributed by atoms with Gasteiger partial charge < -0.3 is 0 Å². The molecule has 0 saturated carbocycles. The van der Waals surface area contributed by atoms with E-state index in [0.717, 1.165) is 46.4 Å². The molecule has 6 rings (SSSR count). The molecule has 0 amide bonds. The van der Waals surface area contributed by atoms with Gasteiger partial charge in [-0.2, -0.15) is 5.10 Å². The Bertz CT molecular complexity index is 1440. The maximum atomic E-state index is 5.06. The minimum Gasteiger partial charge on any atom is -0.297 e. The third-order valence-corrected chi connectivity index (χ3v) is 5.85. The van der Waals surface area contributed by atoms with Gasteiger partial charge in [-0.3, -0.25) is 19.1 Å². The minimum atomic E-state index is -0.0554. The third kappa shape index (κ3) is 3.08. The van der Waals surface area contributed by atoms with Gasteiger partial charge >= 0.3 is 0 Å². The summed E-state index contributed by atoms with van der Waals surface area (Å²) in [6, 6.07) is 15.9. The fraction of sp³-hybridized carbons (Fsp3) is 0.167. The monoisotopic (exact) mass is 435 g/mol. The molecule has 0 spiro atoms. The van der Waals surface area contributed by atoms with Gasteiger partial charge in [0.15, 0.2) is 23.3 Å². The first kappa shape index (κ1) is 19.3. The number of anilines is 2. The second-order valence-corrected chi connectivity index (χ2v) is 7.87. The Balaban J connectivity index is 1.57. The van der Waals surface area contributed by atoms with E-state index in [9.17, 15) is 0 Å². The summed E-state index contributed by atoms with van der Waals surface area (Å²) in [5.74, 6) is 3.02. The Morgan fingerprint density at radius 2 is 1.88 bits per heavy atom.